The van der Waals surface area contributed by atoms with Crippen LogP contribution < -0.4 is 4.74 Å². The average Bonchev–Trinajstić information content (AvgIpc) is 2.69. The maximum Gasteiger partial charge on any atom is 0.350 e. The van der Waals surface area contributed by atoms with Gasteiger partial charge in [0.15, 0.2) is 5.60 Å². The van der Waals surface area contributed by atoms with Gasteiger partial charge in [-0.1, -0.05) is 66.2 Å². The van der Waals surface area contributed by atoms with E-state index >= 15 is 0 Å². The highest BCUT2D eigenvalue weighted by molar-refractivity contribution is 6.30. The van der Waals surface area contributed by atoms with E-state index in [1.54, 1.807) is 38.1 Å². The zero-order chi connectivity index (χ0) is 19.3. The summed E-state index contributed by atoms with van der Waals surface area (Å²) in [5.74, 6) is 0.137. The molecule has 0 aliphatic carbocycles. The van der Waals surface area contributed by atoms with Crippen molar-refractivity contribution in [3.8, 4) is 16.9 Å². The van der Waals surface area contributed by atoms with Crippen LogP contribution in [0.5, 0.6) is 5.75 Å². The second-order valence-electron chi connectivity index (χ2n) is 6.71. The summed E-state index contributed by atoms with van der Waals surface area (Å²) in [6.45, 7) is 3.56. The minimum Gasteiger partial charge on any atom is -0.476 e. The van der Waals surface area contributed by atoms with Gasteiger partial charge in [-0.25, -0.2) is 4.79 Å². The number of hydrogen-bond acceptors (Lipinski definition) is 3. The Labute approximate surface area is 164 Å². The van der Waals surface area contributed by atoms with Crippen LogP contribution in [-0.2, 0) is 16.1 Å². The lowest BCUT2D eigenvalue weighted by molar-refractivity contribution is -0.160. The summed E-state index contributed by atoms with van der Waals surface area (Å²) in [6, 6.07) is 25.0. The van der Waals surface area contributed by atoms with Gasteiger partial charge in [-0.2, -0.15) is 0 Å². The fourth-order valence-corrected chi connectivity index (χ4v) is 2.71. The van der Waals surface area contributed by atoms with Crippen LogP contribution in [0.15, 0.2) is 78.9 Å². The van der Waals surface area contributed by atoms with Gasteiger partial charge in [0.2, 0.25) is 0 Å². The Morgan fingerprint density at radius 3 is 2.07 bits per heavy atom. The van der Waals surface area contributed by atoms with Gasteiger partial charge in [-0.3, -0.25) is 0 Å². The number of halogens is 1. The Bertz CT molecular complexity index is 885. The largest absolute Gasteiger partial charge is 0.476 e. The number of hydrogen-bond donors (Lipinski definition) is 0. The zero-order valence-corrected chi connectivity index (χ0v) is 16.1. The topological polar surface area (TPSA) is 35.5 Å². The first-order valence-corrected chi connectivity index (χ1v) is 9.08. The van der Waals surface area contributed by atoms with E-state index in [4.69, 9.17) is 21.1 Å². The van der Waals surface area contributed by atoms with Crippen molar-refractivity contribution < 1.29 is 14.3 Å². The van der Waals surface area contributed by atoms with Crippen molar-refractivity contribution in [3.63, 3.8) is 0 Å². The molecular weight excluding hydrogens is 360 g/mol. The first kappa shape index (κ1) is 19.0. The molecule has 0 N–H and O–H groups in total. The van der Waals surface area contributed by atoms with E-state index in [0.717, 1.165) is 16.7 Å². The number of carbonyl (C=O) groups excluding carboxylic acids is 1. The average molecular weight is 381 g/mol. The molecule has 0 unspecified atom stereocenters. The van der Waals surface area contributed by atoms with Crippen molar-refractivity contribution in [2.24, 2.45) is 0 Å². The standard InChI is InChI=1S/C23H21ClO3/c1-23(2,27-21-14-12-20(24)13-15-21)22(25)26-16-17-8-10-19(11-9-17)18-6-4-3-5-7-18/h3-15H,16H2,1-2H3. The van der Waals surface area contributed by atoms with Gasteiger partial charge in [-0.05, 0) is 54.8 Å². The maximum atomic E-state index is 12.4. The maximum absolute atomic E-state index is 12.4. The highest BCUT2D eigenvalue weighted by Gasteiger charge is 2.31. The Balaban J connectivity index is 1.58. The number of rotatable bonds is 6. The van der Waals surface area contributed by atoms with Crippen molar-refractivity contribution in [1.82, 2.24) is 0 Å². The summed E-state index contributed by atoms with van der Waals surface area (Å²) in [7, 11) is 0. The zero-order valence-electron chi connectivity index (χ0n) is 15.3. The highest BCUT2D eigenvalue weighted by atomic mass is 35.5. The van der Waals surface area contributed by atoms with Crippen LogP contribution in [0.2, 0.25) is 5.02 Å². The van der Waals surface area contributed by atoms with Crippen LogP contribution in [0, 0.1) is 0 Å². The smallest absolute Gasteiger partial charge is 0.350 e. The van der Waals surface area contributed by atoms with Crippen LogP contribution in [0.4, 0.5) is 0 Å². The van der Waals surface area contributed by atoms with Crippen LogP contribution in [0.1, 0.15) is 19.4 Å². The molecule has 0 aliphatic heterocycles. The van der Waals surface area contributed by atoms with E-state index in [0.29, 0.717) is 10.8 Å². The van der Waals surface area contributed by atoms with Gasteiger partial charge >= 0.3 is 5.97 Å². The molecule has 4 heteroatoms. The molecule has 0 aliphatic rings. The second-order valence-corrected chi connectivity index (χ2v) is 7.14. The molecule has 0 atom stereocenters. The summed E-state index contributed by atoms with van der Waals surface area (Å²) in [6.07, 6.45) is 0. The Morgan fingerprint density at radius 1 is 0.852 bits per heavy atom. The Morgan fingerprint density at radius 2 is 1.44 bits per heavy atom. The molecule has 3 nitrogen and oxygen atoms in total. The molecule has 0 bridgehead atoms. The predicted octanol–water partition coefficient (Wildman–Crippen LogP) is 5.91. The minimum atomic E-state index is -1.10. The van der Waals surface area contributed by atoms with Gasteiger partial charge < -0.3 is 9.47 Å². The lowest BCUT2D eigenvalue weighted by Gasteiger charge is -2.24. The van der Waals surface area contributed by atoms with Crippen LogP contribution in [-0.4, -0.2) is 11.6 Å². The van der Waals surface area contributed by atoms with E-state index < -0.39 is 11.6 Å². The van der Waals surface area contributed by atoms with E-state index in [1.165, 1.54) is 0 Å². The van der Waals surface area contributed by atoms with E-state index in [1.807, 2.05) is 42.5 Å². The molecule has 0 saturated heterocycles. The molecule has 27 heavy (non-hydrogen) atoms. The van der Waals surface area contributed by atoms with Crippen molar-refractivity contribution in [3.05, 3.63) is 89.4 Å². The number of ether oxygens (including phenoxy) is 2. The fraction of sp³-hybridized carbons (Fsp3) is 0.174. The monoisotopic (exact) mass is 380 g/mol. The van der Waals surface area contributed by atoms with Gasteiger partial charge in [0.1, 0.15) is 12.4 Å². The molecule has 0 aromatic heterocycles. The Hall–Kier alpha value is -2.78. The molecule has 0 saturated carbocycles. The first-order chi connectivity index (χ1) is 12.9. The van der Waals surface area contributed by atoms with Gasteiger partial charge in [0, 0.05) is 5.02 Å². The van der Waals surface area contributed by atoms with Gasteiger partial charge in [0.05, 0.1) is 0 Å². The second kappa shape index (κ2) is 8.28. The molecule has 3 rings (SSSR count). The molecule has 0 amide bonds. The molecule has 0 fully saturated rings. The number of esters is 1. The normalized spacial score (nSPS) is 11.1. The quantitative estimate of drug-likeness (QED) is 0.499. The summed E-state index contributed by atoms with van der Waals surface area (Å²) in [5.41, 5.74) is 2.10. The third kappa shape index (κ3) is 5.11. The summed E-state index contributed by atoms with van der Waals surface area (Å²) < 4.78 is 11.2. The van der Waals surface area contributed by atoms with E-state index in [9.17, 15) is 4.79 Å². The molecular formula is C23H21ClO3. The summed E-state index contributed by atoms with van der Waals surface area (Å²) in [4.78, 5) is 12.4. The van der Waals surface area contributed by atoms with Crippen molar-refractivity contribution >= 4 is 17.6 Å². The summed E-state index contributed by atoms with van der Waals surface area (Å²) >= 11 is 5.87. The third-order valence-corrected chi connectivity index (χ3v) is 4.36. The number of benzene rings is 3. The molecule has 0 heterocycles. The predicted molar refractivity (Wildman–Crippen MR) is 108 cm³/mol. The first-order valence-electron chi connectivity index (χ1n) is 8.70. The number of carbonyl (C=O) groups is 1. The molecule has 0 radical (unpaired) electrons. The third-order valence-electron chi connectivity index (χ3n) is 4.11. The Kier molecular flexibility index (Phi) is 5.82. The molecule has 0 spiro atoms. The van der Waals surface area contributed by atoms with Crippen LogP contribution in [0.25, 0.3) is 11.1 Å². The van der Waals surface area contributed by atoms with Crippen LogP contribution in [0.3, 0.4) is 0 Å². The highest BCUT2D eigenvalue weighted by Crippen LogP contribution is 2.23. The lowest BCUT2D eigenvalue weighted by Crippen LogP contribution is -2.39. The lowest BCUT2D eigenvalue weighted by atomic mass is 10.0. The van der Waals surface area contributed by atoms with E-state index in [2.05, 4.69) is 12.1 Å². The fourth-order valence-electron chi connectivity index (χ4n) is 2.59. The summed E-state index contributed by atoms with van der Waals surface area (Å²) in [5, 5.41) is 0.613. The minimum absolute atomic E-state index is 0.196. The molecule has 3 aromatic carbocycles. The van der Waals surface area contributed by atoms with E-state index in [-0.39, 0.29) is 6.61 Å². The van der Waals surface area contributed by atoms with Crippen molar-refractivity contribution in [2.45, 2.75) is 26.1 Å². The SMILES string of the molecule is CC(C)(Oc1ccc(Cl)cc1)C(=O)OCc1ccc(-c2ccccc2)cc1. The van der Waals surface area contributed by atoms with Crippen molar-refractivity contribution in [2.75, 3.05) is 0 Å². The van der Waals surface area contributed by atoms with Gasteiger partial charge in [0.25, 0.3) is 0 Å². The van der Waals surface area contributed by atoms with Crippen molar-refractivity contribution in [1.29, 1.82) is 0 Å². The molecule has 138 valence electrons. The van der Waals surface area contributed by atoms with Crippen LogP contribution >= 0.6 is 11.6 Å². The van der Waals surface area contributed by atoms with Gasteiger partial charge in [-0.15, -0.1) is 0 Å². The molecule has 3 aromatic rings.